The number of aryl methyl sites for hydroxylation is 2. The van der Waals surface area contributed by atoms with Crippen molar-refractivity contribution in [1.29, 1.82) is 0 Å². The molecule has 0 saturated carbocycles. The molecule has 2 heterocycles. The summed E-state index contributed by atoms with van der Waals surface area (Å²) < 4.78 is 0. The van der Waals surface area contributed by atoms with E-state index >= 15 is 0 Å². The average Bonchev–Trinajstić information content (AvgIpc) is 3.10. The Morgan fingerprint density at radius 1 is 1.12 bits per heavy atom. The molecule has 3 rings (SSSR count). The molecule has 136 valence electrons. The minimum absolute atomic E-state index is 0.530. The van der Waals surface area contributed by atoms with Crippen molar-refractivity contribution in [1.82, 2.24) is 25.6 Å². The van der Waals surface area contributed by atoms with Gasteiger partial charge in [0.05, 0.1) is 11.4 Å². The third-order valence-electron chi connectivity index (χ3n) is 4.50. The van der Waals surface area contributed by atoms with Crippen LogP contribution in [0.2, 0.25) is 0 Å². The number of aromatic amines is 1. The van der Waals surface area contributed by atoms with Crippen molar-refractivity contribution in [3.8, 4) is 11.1 Å². The lowest BCUT2D eigenvalue weighted by Crippen LogP contribution is -2.10. The van der Waals surface area contributed by atoms with E-state index in [9.17, 15) is 0 Å². The van der Waals surface area contributed by atoms with E-state index in [0.29, 0.717) is 18.2 Å². The Hall–Kier alpha value is -2.76. The summed E-state index contributed by atoms with van der Waals surface area (Å²) in [6.07, 6.45) is 1.52. The smallest absolute Gasteiger partial charge is 0.179 e. The lowest BCUT2D eigenvalue weighted by atomic mass is 9.91. The van der Waals surface area contributed by atoms with Crippen LogP contribution in [0.3, 0.4) is 0 Å². The average molecular weight is 350 g/mol. The predicted molar refractivity (Wildman–Crippen MR) is 104 cm³/mol. The number of benzene rings is 1. The molecule has 0 bridgehead atoms. The van der Waals surface area contributed by atoms with Gasteiger partial charge in [-0.05, 0) is 37.3 Å². The van der Waals surface area contributed by atoms with Crippen LogP contribution >= 0.6 is 0 Å². The van der Waals surface area contributed by atoms with E-state index in [1.165, 1.54) is 16.7 Å². The van der Waals surface area contributed by atoms with Crippen LogP contribution < -0.4 is 5.32 Å². The molecule has 0 fully saturated rings. The molecule has 2 aromatic heterocycles. The van der Waals surface area contributed by atoms with Gasteiger partial charge in [0.15, 0.2) is 5.82 Å². The van der Waals surface area contributed by atoms with Crippen molar-refractivity contribution in [2.24, 2.45) is 5.92 Å². The number of tetrazole rings is 1. The van der Waals surface area contributed by atoms with Crippen molar-refractivity contribution in [3.63, 3.8) is 0 Å². The summed E-state index contributed by atoms with van der Waals surface area (Å²) in [6.45, 7) is 8.60. The number of nitrogens with one attached hydrogen (secondary N) is 2. The monoisotopic (exact) mass is 350 g/mol. The number of anilines is 1. The molecule has 0 unspecified atom stereocenters. The summed E-state index contributed by atoms with van der Waals surface area (Å²) in [4.78, 5) is 4.92. The van der Waals surface area contributed by atoms with Gasteiger partial charge in [-0.15, -0.1) is 10.2 Å². The van der Waals surface area contributed by atoms with E-state index in [1.807, 2.05) is 7.05 Å². The van der Waals surface area contributed by atoms with Gasteiger partial charge in [0, 0.05) is 24.7 Å². The summed E-state index contributed by atoms with van der Waals surface area (Å²) in [6, 6.07) is 8.63. The zero-order valence-electron chi connectivity index (χ0n) is 16.1. The van der Waals surface area contributed by atoms with Crippen LogP contribution in [-0.2, 0) is 12.8 Å². The third kappa shape index (κ3) is 3.74. The maximum Gasteiger partial charge on any atom is 0.179 e. The van der Waals surface area contributed by atoms with E-state index in [1.54, 1.807) is 0 Å². The summed E-state index contributed by atoms with van der Waals surface area (Å²) >= 11 is 0. The molecule has 2 N–H and O–H groups in total. The third-order valence-corrected chi connectivity index (χ3v) is 4.50. The van der Waals surface area contributed by atoms with Crippen LogP contribution in [0.5, 0.6) is 0 Å². The number of hydrogen-bond acceptors (Lipinski definition) is 5. The van der Waals surface area contributed by atoms with E-state index in [2.05, 4.69) is 77.9 Å². The molecule has 0 spiro atoms. The Morgan fingerprint density at radius 2 is 1.85 bits per heavy atom. The van der Waals surface area contributed by atoms with Crippen molar-refractivity contribution in [3.05, 3.63) is 52.6 Å². The SMILES string of the molecule is CNc1c(CC(C)C)nc(C)c(Cc2nn[nH]n2)c1-c1ccc(C)cc1. The lowest BCUT2D eigenvalue weighted by Gasteiger charge is -2.21. The molecule has 6 heteroatoms. The van der Waals surface area contributed by atoms with Crippen molar-refractivity contribution in [2.75, 3.05) is 12.4 Å². The van der Waals surface area contributed by atoms with Crippen LogP contribution in [0.15, 0.2) is 24.3 Å². The summed E-state index contributed by atoms with van der Waals surface area (Å²) in [7, 11) is 1.96. The quantitative estimate of drug-likeness (QED) is 0.708. The molecule has 3 aromatic rings. The Morgan fingerprint density at radius 3 is 2.42 bits per heavy atom. The first-order valence-electron chi connectivity index (χ1n) is 8.99. The second-order valence-corrected chi connectivity index (χ2v) is 7.09. The second-order valence-electron chi connectivity index (χ2n) is 7.09. The molecule has 26 heavy (non-hydrogen) atoms. The van der Waals surface area contributed by atoms with Crippen molar-refractivity contribution < 1.29 is 0 Å². The first-order chi connectivity index (χ1) is 12.5. The summed E-state index contributed by atoms with van der Waals surface area (Å²) in [5.41, 5.74) is 7.94. The van der Waals surface area contributed by atoms with E-state index in [4.69, 9.17) is 4.98 Å². The number of hydrogen-bond donors (Lipinski definition) is 2. The molecule has 0 aliphatic carbocycles. The number of H-pyrrole nitrogens is 1. The minimum atomic E-state index is 0.530. The highest BCUT2D eigenvalue weighted by molar-refractivity contribution is 5.83. The van der Waals surface area contributed by atoms with E-state index < -0.39 is 0 Å². The second kappa shape index (κ2) is 7.64. The van der Waals surface area contributed by atoms with Crippen LogP contribution in [0, 0.1) is 19.8 Å². The Kier molecular flexibility index (Phi) is 5.30. The lowest BCUT2D eigenvalue weighted by molar-refractivity contribution is 0.635. The maximum atomic E-state index is 4.92. The molecule has 0 aliphatic rings. The Labute approximate surface area is 154 Å². The van der Waals surface area contributed by atoms with Gasteiger partial charge in [-0.3, -0.25) is 4.98 Å². The largest absolute Gasteiger partial charge is 0.386 e. The van der Waals surface area contributed by atoms with Crippen LogP contribution in [0.4, 0.5) is 5.69 Å². The fraction of sp³-hybridized carbons (Fsp3) is 0.400. The number of nitrogens with zero attached hydrogens (tertiary/aromatic N) is 4. The number of pyridine rings is 1. The Balaban J connectivity index is 2.23. The molecule has 0 saturated heterocycles. The topological polar surface area (TPSA) is 79.4 Å². The van der Waals surface area contributed by atoms with Crippen LogP contribution in [0.1, 0.15) is 42.2 Å². The van der Waals surface area contributed by atoms with Gasteiger partial charge in [0.1, 0.15) is 0 Å². The molecule has 1 aromatic carbocycles. The van der Waals surface area contributed by atoms with Gasteiger partial charge >= 0.3 is 0 Å². The van der Waals surface area contributed by atoms with Gasteiger partial charge in [0.2, 0.25) is 0 Å². The highest BCUT2D eigenvalue weighted by atomic mass is 15.5. The standard InChI is InChI=1S/C20H26N6/c1-12(2)10-17-20(21-5)19(15-8-6-13(3)7-9-15)16(14(4)22-17)11-18-23-25-26-24-18/h6-9,12,21H,10-11H2,1-5H3,(H,23,24,25,26). The van der Waals surface area contributed by atoms with Crippen LogP contribution in [0.25, 0.3) is 11.1 Å². The first kappa shape index (κ1) is 18.0. The zero-order valence-corrected chi connectivity index (χ0v) is 16.1. The molecular formula is C20H26N6. The van der Waals surface area contributed by atoms with Gasteiger partial charge in [-0.25, -0.2) is 0 Å². The first-order valence-corrected chi connectivity index (χ1v) is 8.99. The minimum Gasteiger partial charge on any atom is -0.386 e. The van der Waals surface area contributed by atoms with Crippen LogP contribution in [-0.4, -0.2) is 32.7 Å². The van der Waals surface area contributed by atoms with E-state index in [0.717, 1.165) is 29.1 Å². The van der Waals surface area contributed by atoms with Gasteiger partial charge < -0.3 is 5.32 Å². The fourth-order valence-electron chi connectivity index (χ4n) is 3.28. The molecule has 0 amide bonds. The predicted octanol–water partition coefficient (Wildman–Crippen LogP) is 3.71. The zero-order chi connectivity index (χ0) is 18.7. The van der Waals surface area contributed by atoms with Crippen molar-refractivity contribution >= 4 is 5.69 Å². The molecular weight excluding hydrogens is 324 g/mol. The fourth-order valence-corrected chi connectivity index (χ4v) is 3.28. The number of aromatic nitrogens is 5. The Bertz CT molecular complexity index is 866. The van der Waals surface area contributed by atoms with Gasteiger partial charge in [-0.1, -0.05) is 48.9 Å². The van der Waals surface area contributed by atoms with Crippen molar-refractivity contribution in [2.45, 2.75) is 40.5 Å². The van der Waals surface area contributed by atoms with E-state index in [-0.39, 0.29) is 0 Å². The summed E-state index contributed by atoms with van der Waals surface area (Å²) in [5, 5.41) is 17.9. The normalized spacial score (nSPS) is 11.2. The maximum absolute atomic E-state index is 4.92. The molecule has 0 aliphatic heterocycles. The highest BCUT2D eigenvalue weighted by Crippen LogP contribution is 2.37. The van der Waals surface area contributed by atoms with Gasteiger partial charge in [-0.2, -0.15) is 5.21 Å². The molecule has 0 radical (unpaired) electrons. The van der Waals surface area contributed by atoms with Gasteiger partial charge in [0.25, 0.3) is 0 Å². The summed E-state index contributed by atoms with van der Waals surface area (Å²) in [5.74, 6) is 1.20. The number of rotatable bonds is 6. The highest BCUT2D eigenvalue weighted by Gasteiger charge is 2.20. The molecule has 6 nitrogen and oxygen atoms in total. The molecule has 0 atom stereocenters.